The Hall–Kier alpha value is -4.20. The first-order valence-electron chi connectivity index (χ1n) is 10.1. The minimum atomic E-state index is -0.252. The highest BCUT2D eigenvalue weighted by atomic mass is 16.6. The van der Waals surface area contributed by atoms with Crippen LogP contribution in [0.5, 0.6) is 23.0 Å². The monoisotopic (exact) mass is 431 g/mol. The third-order valence-electron chi connectivity index (χ3n) is 5.19. The van der Waals surface area contributed by atoms with E-state index < -0.39 is 0 Å². The summed E-state index contributed by atoms with van der Waals surface area (Å²) in [5.41, 5.74) is 3.59. The lowest BCUT2D eigenvalue weighted by molar-refractivity contribution is 0.102. The number of amides is 1. The van der Waals surface area contributed by atoms with Crippen molar-refractivity contribution in [1.82, 2.24) is 9.38 Å². The lowest BCUT2D eigenvalue weighted by atomic mass is 10.1. The van der Waals surface area contributed by atoms with E-state index in [-0.39, 0.29) is 5.91 Å². The normalized spacial score (nSPS) is 12.4. The number of pyridine rings is 1. The van der Waals surface area contributed by atoms with Crippen LogP contribution in [0, 0.1) is 0 Å². The standard InChI is InChI=1S/C24H21N3O5/c1-29-19-6-4-16(12-21(19)30-2)24(28)25-17-5-8-23-26-18(14-27(23)13-17)15-3-7-20-22(11-15)32-10-9-31-20/h3-8,11-14H,9-10H2,1-2H3,(H,25,28). The molecule has 0 bridgehead atoms. The molecular formula is C24H21N3O5. The number of hydrogen-bond acceptors (Lipinski definition) is 6. The molecule has 8 nitrogen and oxygen atoms in total. The Morgan fingerprint density at radius 1 is 0.938 bits per heavy atom. The maximum absolute atomic E-state index is 12.7. The second-order valence-corrected chi connectivity index (χ2v) is 7.19. The quantitative estimate of drug-likeness (QED) is 0.514. The van der Waals surface area contributed by atoms with Gasteiger partial charge in [0.2, 0.25) is 0 Å². The van der Waals surface area contributed by atoms with Crippen molar-refractivity contribution in [3.8, 4) is 34.3 Å². The van der Waals surface area contributed by atoms with Gasteiger partial charge in [0.1, 0.15) is 18.9 Å². The molecule has 1 N–H and O–H groups in total. The number of aromatic nitrogens is 2. The molecule has 0 saturated carbocycles. The van der Waals surface area contributed by atoms with Gasteiger partial charge in [-0.15, -0.1) is 0 Å². The van der Waals surface area contributed by atoms with Crippen molar-refractivity contribution in [3.05, 3.63) is 66.5 Å². The van der Waals surface area contributed by atoms with E-state index in [1.807, 2.05) is 47.1 Å². The molecular weight excluding hydrogens is 410 g/mol. The van der Waals surface area contributed by atoms with Crippen LogP contribution in [0.4, 0.5) is 5.69 Å². The van der Waals surface area contributed by atoms with Crippen LogP contribution in [-0.4, -0.2) is 42.7 Å². The van der Waals surface area contributed by atoms with Gasteiger partial charge in [-0.3, -0.25) is 4.79 Å². The summed E-state index contributed by atoms with van der Waals surface area (Å²) in [5.74, 6) is 2.26. The summed E-state index contributed by atoms with van der Waals surface area (Å²) in [6.45, 7) is 1.09. The minimum Gasteiger partial charge on any atom is -0.493 e. The zero-order valence-electron chi connectivity index (χ0n) is 17.6. The Morgan fingerprint density at radius 3 is 2.56 bits per heavy atom. The number of ether oxygens (including phenoxy) is 4. The van der Waals surface area contributed by atoms with Crippen molar-refractivity contribution in [2.75, 3.05) is 32.8 Å². The lowest BCUT2D eigenvalue weighted by Crippen LogP contribution is -2.15. The third kappa shape index (κ3) is 3.66. The molecule has 2 aromatic carbocycles. The molecule has 1 aliphatic heterocycles. The Kier molecular flexibility index (Phi) is 5.03. The minimum absolute atomic E-state index is 0.252. The van der Waals surface area contributed by atoms with Gasteiger partial charge in [-0.05, 0) is 48.5 Å². The van der Waals surface area contributed by atoms with Crippen molar-refractivity contribution in [2.45, 2.75) is 0 Å². The van der Waals surface area contributed by atoms with E-state index in [0.717, 1.165) is 22.7 Å². The van der Waals surface area contributed by atoms with Crippen LogP contribution < -0.4 is 24.3 Å². The molecule has 0 aliphatic carbocycles. The number of fused-ring (bicyclic) bond motifs is 2. The maximum Gasteiger partial charge on any atom is 0.255 e. The zero-order valence-corrected chi connectivity index (χ0v) is 17.6. The number of benzene rings is 2. The third-order valence-corrected chi connectivity index (χ3v) is 5.19. The Labute approximate surface area is 184 Å². The fourth-order valence-corrected chi connectivity index (χ4v) is 3.59. The lowest BCUT2D eigenvalue weighted by Gasteiger charge is -2.18. The average molecular weight is 431 g/mol. The van der Waals surface area contributed by atoms with Gasteiger partial charge in [0, 0.05) is 23.5 Å². The van der Waals surface area contributed by atoms with E-state index in [4.69, 9.17) is 18.9 Å². The number of methoxy groups -OCH3 is 2. The van der Waals surface area contributed by atoms with Crippen LogP contribution in [0.15, 0.2) is 60.9 Å². The van der Waals surface area contributed by atoms with E-state index in [1.165, 1.54) is 7.11 Å². The molecule has 0 radical (unpaired) electrons. The van der Waals surface area contributed by atoms with E-state index in [0.29, 0.717) is 41.7 Å². The predicted octanol–water partition coefficient (Wildman–Crippen LogP) is 4.04. The van der Waals surface area contributed by atoms with Gasteiger partial charge in [-0.2, -0.15) is 0 Å². The highest BCUT2D eigenvalue weighted by Crippen LogP contribution is 2.34. The topological polar surface area (TPSA) is 83.3 Å². The van der Waals surface area contributed by atoms with Crippen LogP contribution in [0.1, 0.15) is 10.4 Å². The van der Waals surface area contributed by atoms with Gasteiger partial charge in [-0.1, -0.05) is 0 Å². The summed E-state index contributed by atoms with van der Waals surface area (Å²) in [6, 6.07) is 14.5. The summed E-state index contributed by atoms with van der Waals surface area (Å²) in [4.78, 5) is 17.4. The molecule has 4 aromatic rings. The molecule has 8 heteroatoms. The van der Waals surface area contributed by atoms with Crippen molar-refractivity contribution in [2.24, 2.45) is 0 Å². The molecule has 162 valence electrons. The molecule has 0 fully saturated rings. The molecule has 0 atom stereocenters. The fourth-order valence-electron chi connectivity index (χ4n) is 3.59. The first-order chi connectivity index (χ1) is 15.6. The molecule has 3 heterocycles. The van der Waals surface area contributed by atoms with Crippen molar-refractivity contribution < 1.29 is 23.7 Å². The second kappa shape index (κ2) is 8.14. The van der Waals surface area contributed by atoms with Gasteiger partial charge >= 0.3 is 0 Å². The second-order valence-electron chi connectivity index (χ2n) is 7.19. The number of hydrogen-bond donors (Lipinski definition) is 1. The van der Waals surface area contributed by atoms with E-state index in [9.17, 15) is 4.79 Å². The maximum atomic E-state index is 12.7. The first-order valence-corrected chi connectivity index (χ1v) is 10.1. The molecule has 0 spiro atoms. The molecule has 32 heavy (non-hydrogen) atoms. The van der Waals surface area contributed by atoms with Gasteiger partial charge in [0.15, 0.2) is 23.0 Å². The largest absolute Gasteiger partial charge is 0.493 e. The number of carbonyl (C=O) groups excluding carboxylic acids is 1. The molecule has 2 aromatic heterocycles. The smallest absolute Gasteiger partial charge is 0.255 e. The highest BCUT2D eigenvalue weighted by molar-refractivity contribution is 6.04. The first kappa shape index (κ1) is 19.7. The number of anilines is 1. The van der Waals surface area contributed by atoms with Crippen molar-refractivity contribution >= 4 is 17.2 Å². The fraction of sp³-hybridized carbons (Fsp3) is 0.167. The van der Waals surface area contributed by atoms with E-state index in [2.05, 4.69) is 10.3 Å². The van der Waals surface area contributed by atoms with Crippen molar-refractivity contribution in [3.63, 3.8) is 0 Å². The number of nitrogens with one attached hydrogen (secondary N) is 1. The number of rotatable bonds is 5. The molecule has 0 unspecified atom stereocenters. The highest BCUT2D eigenvalue weighted by Gasteiger charge is 2.15. The van der Waals surface area contributed by atoms with Crippen LogP contribution >= 0.6 is 0 Å². The summed E-state index contributed by atoms with van der Waals surface area (Å²) in [7, 11) is 3.09. The summed E-state index contributed by atoms with van der Waals surface area (Å²) in [6.07, 6.45) is 3.73. The van der Waals surface area contributed by atoms with E-state index in [1.54, 1.807) is 25.3 Å². The summed E-state index contributed by atoms with van der Waals surface area (Å²) >= 11 is 0. The van der Waals surface area contributed by atoms with Crippen LogP contribution in [-0.2, 0) is 0 Å². The van der Waals surface area contributed by atoms with Gasteiger partial charge in [0.25, 0.3) is 5.91 Å². The van der Waals surface area contributed by atoms with Crippen LogP contribution in [0.2, 0.25) is 0 Å². The number of imidazole rings is 1. The zero-order chi connectivity index (χ0) is 22.1. The molecule has 1 amide bonds. The molecule has 5 rings (SSSR count). The Morgan fingerprint density at radius 2 is 1.75 bits per heavy atom. The Balaban J connectivity index is 1.39. The Bertz CT molecular complexity index is 1310. The van der Waals surface area contributed by atoms with Crippen LogP contribution in [0.3, 0.4) is 0 Å². The summed E-state index contributed by atoms with van der Waals surface area (Å²) in [5, 5.41) is 2.91. The van der Waals surface area contributed by atoms with Gasteiger partial charge in [-0.25, -0.2) is 4.98 Å². The SMILES string of the molecule is COc1ccc(C(=O)Nc2ccc3nc(-c4ccc5c(c4)OCCO5)cn3c2)cc1OC. The van der Waals surface area contributed by atoms with Gasteiger partial charge in [0.05, 0.1) is 25.6 Å². The predicted molar refractivity (Wildman–Crippen MR) is 119 cm³/mol. The average Bonchev–Trinajstić information content (AvgIpc) is 3.26. The molecule has 0 saturated heterocycles. The number of nitrogens with zero attached hydrogens (tertiary/aromatic N) is 2. The van der Waals surface area contributed by atoms with Crippen LogP contribution in [0.25, 0.3) is 16.9 Å². The summed E-state index contributed by atoms with van der Waals surface area (Å²) < 4.78 is 23.6. The van der Waals surface area contributed by atoms with Crippen molar-refractivity contribution in [1.29, 1.82) is 0 Å². The van der Waals surface area contributed by atoms with E-state index >= 15 is 0 Å². The number of carbonyl (C=O) groups is 1. The van der Waals surface area contributed by atoms with Gasteiger partial charge < -0.3 is 28.7 Å². The molecule has 1 aliphatic rings.